The van der Waals surface area contributed by atoms with Gasteiger partial charge in [0.05, 0.1) is 11.8 Å². The van der Waals surface area contributed by atoms with Crippen LogP contribution in [-0.2, 0) is 13.0 Å². The summed E-state index contributed by atoms with van der Waals surface area (Å²) in [5.74, 6) is -0.697. The smallest absolute Gasteiger partial charge is 0.253 e. The van der Waals surface area contributed by atoms with Crippen molar-refractivity contribution in [3.8, 4) is 11.6 Å². The molecule has 1 N–H and O–H groups in total. The van der Waals surface area contributed by atoms with Crippen LogP contribution >= 0.6 is 0 Å². The highest BCUT2D eigenvalue weighted by Crippen LogP contribution is 2.11. The van der Waals surface area contributed by atoms with Crippen LogP contribution in [0, 0.1) is 12.7 Å². The minimum absolute atomic E-state index is 0.219. The van der Waals surface area contributed by atoms with Crippen LogP contribution in [0.1, 0.15) is 16.8 Å². The average molecular weight is 327 g/mol. The highest BCUT2D eigenvalue weighted by molar-refractivity contribution is 5.27. The SMILES string of the molecule is Cc1ccc(-[n+]2noc([O-])c2CNCCc2ccccc2F)cc1. The fraction of sp³-hybridized carbons (Fsp3) is 0.222. The summed E-state index contributed by atoms with van der Waals surface area (Å²) in [5.41, 5.74) is 2.93. The summed E-state index contributed by atoms with van der Waals surface area (Å²) in [6, 6.07) is 14.3. The Morgan fingerprint density at radius 2 is 1.92 bits per heavy atom. The maximum Gasteiger partial charge on any atom is 0.253 e. The molecule has 0 fully saturated rings. The zero-order valence-corrected chi connectivity index (χ0v) is 13.3. The number of benzene rings is 2. The summed E-state index contributed by atoms with van der Waals surface area (Å²) < 4.78 is 19.8. The lowest BCUT2D eigenvalue weighted by Gasteiger charge is -2.04. The minimum Gasteiger partial charge on any atom is -0.539 e. The van der Waals surface area contributed by atoms with Crippen LogP contribution in [0.25, 0.3) is 5.69 Å². The zero-order chi connectivity index (χ0) is 16.9. The van der Waals surface area contributed by atoms with Crippen molar-refractivity contribution < 1.29 is 18.7 Å². The van der Waals surface area contributed by atoms with E-state index in [4.69, 9.17) is 4.52 Å². The number of aryl methyl sites for hydroxylation is 1. The van der Waals surface area contributed by atoms with Crippen molar-refractivity contribution in [3.05, 3.63) is 71.2 Å². The summed E-state index contributed by atoms with van der Waals surface area (Å²) in [6.07, 6.45) is 0.538. The quantitative estimate of drug-likeness (QED) is 0.554. The van der Waals surface area contributed by atoms with Crippen molar-refractivity contribution in [2.75, 3.05) is 6.54 Å². The third-order valence-corrected chi connectivity index (χ3v) is 3.80. The van der Waals surface area contributed by atoms with Gasteiger partial charge < -0.3 is 14.9 Å². The highest BCUT2D eigenvalue weighted by atomic mass is 19.1. The first-order valence-electron chi connectivity index (χ1n) is 7.74. The molecule has 0 aliphatic rings. The molecule has 3 rings (SSSR count). The molecule has 0 unspecified atom stereocenters. The number of halogens is 1. The standard InChI is InChI=1S/C18H18FN3O2/c1-13-6-8-15(9-7-13)22-17(18(23)24-21-22)12-20-11-10-14-4-2-3-5-16(14)19/h2-9,20H,10-12H2,1H3. The van der Waals surface area contributed by atoms with Gasteiger partial charge in [-0.3, -0.25) is 0 Å². The molecule has 1 heterocycles. The van der Waals surface area contributed by atoms with Gasteiger partial charge in [0.2, 0.25) is 5.69 Å². The van der Waals surface area contributed by atoms with Gasteiger partial charge in [-0.1, -0.05) is 35.9 Å². The highest BCUT2D eigenvalue weighted by Gasteiger charge is 2.19. The van der Waals surface area contributed by atoms with Crippen molar-refractivity contribution in [3.63, 3.8) is 0 Å². The Bertz CT molecular complexity index is 815. The molecular weight excluding hydrogens is 309 g/mol. The third kappa shape index (κ3) is 3.60. The molecule has 2 aromatic carbocycles. The molecule has 124 valence electrons. The molecule has 0 aliphatic carbocycles. The van der Waals surface area contributed by atoms with E-state index < -0.39 is 5.95 Å². The summed E-state index contributed by atoms with van der Waals surface area (Å²) in [5, 5.41) is 18.8. The fourth-order valence-corrected chi connectivity index (χ4v) is 2.43. The number of rotatable bonds is 6. The van der Waals surface area contributed by atoms with Crippen molar-refractivity contribution in [1.29, 1.82) is 0 Å². The summed E-state index contributed by atoms with van der Waals surface area (Å²) in [7, 11) is 0. The number of hydrogen-bond acceptors (Lipinski definition) is 4. The normalized spacial score (nSPS) is 10.9. The largest absolute Gasteiger partial charge is 0.539 e. The molecule has 6 heteroatoms. The van der Waals surface area contributed by atoms with Crippen LogP contribution in [0.2, 0.25) is 0 Å². The maximum absolute atomic E-state index is 13.6. The van der Waals surface area contributed by atoms with Gasteiger partial charge in [-0.2, -0.15) is 0 Å². The molecule has 0 spiro atoms. The van der Waals surface area contributed by atoms with Crippen molar-refractivity contribution in [2.24, 2.45) is 0 Å². The van der Waals surface area contributed by atoms with Gasteiger partial charge >= 0.3 is 0 Å². The van der Waals surface area contributed by atoms with Crippen molar-refractivity contribution in [1.82, 2.24) is 10.6 Å². The molecule has 0 saturated carbocycles. The van der Waals surface area contributed by atoms with Crippen molar-refractivity contribution in [2.45, 2.75) is 19.9 Å². The lowest BCUT2D eigenvalue weighted by atomic mass is 10.1. The molecule has 5 nitrogen and oxygen atoms in total. The predicted molar refractivity (Wildman–Crippen MR) is 84.0 cm³/mol. The Labute approximate surface area is 139 Å². The fourth-order valence-electron chi connectivity index (χ4n) is 2.43. The molecule has 0 aliphatic heterocycles. The molecule has 24 heavy (non-hydrogen) atoms. The van der Waals surface area contributed by atoms with Gasteiger partial charge in [0.1, 0.15) is 5.82 Å². The van der Waals surface area contributed by atoms with Gasteiger partial charge in [-0.25, -0.2) is 4.39 Å². The molecule has 0 atom stereocenters. The van der Waals surface area contributed by atoms with E-state index in [2.05, 4.69) is 10.6 Å². The van der Waals surface area contributed by atoms with E-state index in [0.717, 1.165) is 11.3 Å². The Morgan fingerprint density at radius 1 is 1.17 bits per heavy atom. The van der Waals surface area contributed by atoms with E-state index in [1.54, 1.807) is 18.2 Å². The second-order valence-corrected chi connectivity index (χ2v) is 5.57. The molecule has 0 amide bonds. The minimum atomic E-state index is -0.478. The number of hydrogen-bond donors (Lipinski definition) is 1. The van der Waals surface area contributed by atoms with E-state index in [1.165, 1.54) is 10.7 Å². The van der Waals surface area contributed by atoms with Gasteiger partial charge in [0, 0.05) is 12.1 Å². The first-order chi connectivity index (χ1) is 11.6. The van der Waals surface area contributed by atoms with E-state index in [1.807, 2.05) is 31.2 Å². The molecule has 0 radical (unpaired) electrons. The van der Waals surface area contributed by atoms with Crippen LogP contribution in [0.4, 0.5) is 4.39 Å². The van der Waals surface area contributed by atoms with E-state index in [-0.39, 0.29) is 5.82 Å². The molecule has 1 aromatic heterocycles. The third-order valence-electron chi connectivity index (χ3n) is 3.80. The van der Waals surface area contributed by atoms with Crippen LogP contribution in [0.3, 0.4) is 0 Å². The van der Waals surface area contributed by atoms with Crippen LogP contribution in [0.5, 0.6) is 5.95 Å². The Morgan fingerprint density at radius 3 is 2.67 bits per heavy atom. The van der Waals surface area contributed by atoms with E-state index in [9.17, 15) is 9.50 Å². The van der Waals surface area contributed by atoms with E-state index >= 15 is 0 Å². The molecular formula is C18H18FN3O2. The average Bonchev–Trinajstić information content (AvgIpc) is 2.95. The Balaban J connectivity index is 1.64. The lowest BCUT2D eigenvalue weighted by Crippen LogP contribution is -2.39. The first kappa shape index (κ1) is 16.1. The van der Waals surface area contributed by atoms with E-state index in [0.29, 0.717) is 30.8 Å². The Kier molecular flexibility index (Phi) is 4.86. The topological polar surface area (TPSA) is 65.0 Å². The second kappa shape index (κ2) is 7.23. The number of aromatic nitrogens is 2. The molecule has 3 aromatic rings. The second-order valence-electron chi connectivity index (χ2n) is 5.57. The maximum atomic E-state index is 13.6. The summed E-state index contributed by atoms with van der Waals surface area (Å²) in [6.45, 7) is 2.82. The predicted octanol–water partition coefficient (Wildman–Crippen LogP) is 1.80. The van der Waals surface area contributed by atoms with Gasteiger partial charge in [-0.15, -0.1) is 0 Å². The summed E-state index contributed by atoms with van der Waals surface area (Å²) >= 11 is 0. The summed E-state index contributed by atoms with van der Waals surface area (Å²) in [4.78, 5) is 0. The zero-order valence-electron chi connectivity index (χ0n) is 13.3. The lowest BCUT2D eigenvalue weighted by molar-refractivity contribution is -0.677. The van der Waals surface area contributed by atoms with Crippen LogP contribution in [0.15, 0.2) is 53.1 Å². The molecule has 0 bridgehead atoms. The van der Waals surface area contributed by atoms with Crippen molar-refractivity contribution >= 4 is 0 Å². The molecule has 0 saturated heterocycles. The number of nitrogens with zero attached hydrogens (tertiary/aromatic N) is 2. The van der Waals surface area contributed by atoms with Gasteiger partial charge in [-0.05, 0) is 36.2 Å². The van der Waals surface area contributed by atoms with Crippen LogP contribution in [-0.4, -0.2) is 11.8 Å². The Hall–Kier alpha value is -2.73. The van der Waals surface area contributed by atoms with Gasteiger partial charge in [0.25, 0.3) is 5.69 Å². The van der Waals surface area contributed by atoms with Gasteiger partial charge in [0.15, 0.2) is 5.95 Å². The van der Waals surface area contributed by atoms with Crippen LogP contribution < -0.4 is 15.1 Å². The first-order valence-corrected chi connectivity index (χ1v) is 7.74. The monoisotopic (exact) mass is 327 g/mol. The number of nitrogens with one attached hydrogen (secondary N) is 1.